The molecule has 6 rings (SSSR count). The molecule has 0 saturated carbocycles. The molecule has 2 aliphatic rings. The number of allylic oxidation sites excluding steroid dienone is 1. The lowest BCUT2D eigenvalue weighted by Gasteiger charge is -2.27. The molecule has 0 bridgehead atoms. The molecule has 17 heteroatoms. The van der Waals surface area contributed by atoms with Gasteiger partial charge < -0.3 is 44.8 Å². The first-order valence-electron chi connectivity index (χ1n) is 17.4. The quantitative estimate of drug-likeness (QED) is 0.0901. The number of nitrogens with zero attached hydrogens (tertiary/aromatic N) is 2. The summed E-state index contributed by atoms with van der Waals surface area (Å²) in [6.45, 7) is -1.54. The normalized spacial score (nSPS) is 12.8. The fourth-order valence-electron chi connectivity index (χ4n) is 6.95. The van der Waals surface area contributed by atoms with Crippen molar-refractivity contribution in [3.63, 3.8) is 0 Å². The molecule has 0 radical (unpaired) electrons. The summed E-state index contributed by atoms with van der Waals surface area (Å²) >= 11 is 6.13. The van der Waals surface area contributed by atoms with E-state index < -0.39 is 73.2 Å². The lowest BCUT2D eigenvalue weighted by molar-refractivity contribution is -0.138. The van der Waals surface area contributed by atoms with Crippen LogP contribution in [0.25, 0.3) is 17.5 Å². The molecule has 300 valence electrons. The van der Waals surface area contributed by atoms with Crippen molar-refractivity contribution in [1.82, 2.24) is 0 Å². The fourth-order valence-corrected chi connectivity index (χ4v) is 7.14. The van der Waals surface area contributed by atoms with Gasteiger partial charge in [0.15, 0.2) is 17.4 Å². The molecule has 58 heavy (non-hydrogen) atoms. The number of carboxylic acid groups (broad SMARTS) is 4. The first-order chi connectivity index (χ1) is 27.5. The molecule has 0 heterocycles. The highest BCUT2D eigenvalue weighted by Gasteiger charge is 2.28. The van der Waals surface area contributed by atoms with Crippen LogP contribution >= 0.6 is 11.6 Å². The van der Waals surface area contributed by atoms with Gasteiger partial charge in [0.2, 0.25) is 5.78 Å². The van der Waals surface area contributed by atoms with Gasteiger partial charge in [0.25, 0.3) is 0 Å². The molecule has 0 aliphatic heterocycles. The number of rotatable bonds is 16. The van der Waals surface area contributed by atoms with Crippen LogP contribution in [0.3, 0.4) is 0 Å². The first kappa shape index (κ1) is 40.7. The largest absolute Gasteiger partial charge is 0.505 e. The van der Waals surface area contributed by atoms with Crippen molar-refractivity contribution in [2.45, 2.75) is 13.3 Å². The highest BCUT2D eigenvalue weighted by molar-refractivity contribution is 6.51. The Morgan fingerprint density at radius 3 is 1.84 bits per heavy atom. The summed E-state index contributed by atoms with van der Waals surface area (Å²) in [4.78, 5) is 61.4. The fraction of sp³-hybridized carbons (Fsp3) is 0.195. The molecule has 4 aromatic carbocycles. The smallest absolute Gasteiger partial charge is 0.323 e. The predicted octanol–water partition coefficient (Wildman–Crippen LogP) is 3.64. The van der Waals surface area contributed by atoms with Gasteiger partial charge in [-0.25, -0.2) is 8.78 Å². The molecule has 0 unspecified atom stereocenters. The summed E-state index contributed by atoms with van der Waals surface area (Å²) < 4.78 is 42.4. The molecule has 0 spiro atoms. The molecule has 5 N–H and O–H groups in total. The summed E-state index contributed by atoms with van der Waals surface area (Å²) in [7, 11) is 0. The zero-order valence-corrected chi connectivity index (χ0v) is 31.2. The maximum absolute atomic E-state index is 15.2. The number of Topliss-reactive ketones (excluding diaryl/α,β-unsaturated/α-hetero) is 1. The van der Waals surface area contributed by atoms with Crippen molar-refractivity contribution in [3.05, 3.63) is 115 Å². The molecular weight excluding hydrogens is 786 g/mol. The summed E-state index contributed by atoms with van der Waals surface area (Å²) in [6, 6.07) is 14.5. The zero-order valence-electron chi connectivity index (χ0n) is 30.4. The molecular formula is C41H33ClF2N2O12. The maximum atomic E-state index is 15.2. The number of carboxylic acids is 4. The average Bonchev–Trinajstić information content (AvgIpc) is 3.14. The Bertz CT molecular complexity index is 2540. The number of ketones is 1. The second kappa shape index (κ2) is 16.7. The number of hydrogen-bond donors (Lipinski definition) is 5. The SMILES string of the molecule is Cc1ccc(N(CC(=O)O)CC(=O)O)c(OCCOc2cc(C3=c4ccc5c(c4Cc4cc(O)c(F)cc43)C=C(Cl)C(=O)C=5F)ccc2N(CC(=O)O)CC(=O)O)c1. The Labute approximate surface area is 332 Å². The molecule has 0 aromatic heterocycles. The minimum Gasteiger partial charge on any atom is -0.505 e. The van der Waals surface area contributed by atoms with Crippen LogP contribution in [-0.2, 0) is 30.4 Å². The maximum Gasteiger partial charge on any atom is 0.323 e. The van der Waals surface area contributed by atoms with Crippen LogP contribution in [0.2, 0.25) is 0 Å². The number of anilines is 2. The van der Waals surface area contributed by atoms with E-state index in [0.29, 0.717) is 44.2 Å². The van der Waals surface area contributed by atoms with E-state index >= 15 is 8.78 Å². The molecule has 2 aliphatic carbocycles. The van der Waals surface area contributed by atoms with Gasteiger partial charge in [-0.05, 0) is 100.0 Å². The molecule has 0 amide bonds. The van der Waals surface area contributed by atoms with E-state index in [2.05, 4.69) is 0 Å². The third kappa shape index (κ3) is 8.56. The van der Waals surface area contributed by atoms with Crippen LogP contribution < -0.4 is 29.7 Å². The first-order valence-corrected chi connectivity index (χ1v) is 17.8. The summed E-state index contributed by atoms with van der Waals surface area (Å²) in [5.41, 5.74) is 3.22. The van der Waals surface area contributed by atoms with Crippen molar-refractivity contribution < 1.29 is 67.8 Å². The number of hydrogen-bond acceptors (Lipinski definition) is 10. The Morgan fingerprint density at radius 1 is 0.741 bits per heavy atom. The van der Waals surface area contributed by atoms with Gasteiger partial charge in [0.1, 0.15) is 50.9 Å². The second-order valence-electron chi connectivity index (χ2n) is 13.3. The second-order valence-corrected chi connectivity index (χ2v) is 13.7. The Morgan fingerprint density at radius 2 is 1.28 bits per heavy atom. The third-order valence-electron chi connectivity index (χ3n) is 9.31. The van der Waals surface area contributed by atoms with Crippen molar-refractivity contribution >= 4 is 70.1 Å². The highest BCUT2D eigenvalue weighted by Crippen LogP contribution is 2.38. The predicted molar refractivity (Wildman–Crippen MR) is 205 cm³/mol. The van der Waals surface area contributed by atoms with Gasteiger partial charge in [-0.1, -0.05) is 35.9 Å². The van der Waals surface area contributed by atoms with Crippen molar-refractivity contribution in [2.24, 2.45) is 0 Å². The summed E-state index contributed by atoms with van der Waals surface area (Å²) in [5, 5.41) is 48.6. The number of aryl methyl sites for hydroxylation is 1. The zero-order chi connectivity index (χ0) is 42.0. The van der Waals surface area contributed by atoms with Gasteiger partial charge >= 0.3 is 23.9 Å². The number of phenols is 1. The number of benzene rings is 4. The van der Waals surface area contributed by atoms with Gasteiger partial charge in [-0.3, -0.25) is 24.0 Å². The van der Waals surface area contributed by atoms with Crippen LogP contribution in [0, 0.1) is 12.7 Å². The minimum absolute atomic E-state index is 0.00885. The van der Waals surface area contributed by atoms with Crippen LogP contribution in [0.5, 0.6) is 17.2 Å². The van der Waals surface area contributed by atoms with E-state index in [1.165, 1.54) is 42.5 Å². The number of aliphatic carboxylic acids is 4. The lowest BCUT2D eigenvalue weighted by atomic mass is 9.80. The highest BCUT2D eigenvalue weighted by atomic mass is 35.5. The number of aromatic hydroxyl groups is 1. The Kier molecular flexibility index (Phi) is 11.7. The summed E-state index contributed by atoms with van der Waals surface area (Å²) in [6.07, 6.45) is 1.41. The van der Waals surface area contributed by atoms with Crippen molar-refractivity contribution in [2.75, 3.05) is 49.2 Å². The standard InChI is InChI=1S/C41H33ClF2N2O12/c1-20-2-6-30(45(16-35(48)49)17-36(50)51)33(10-20)57-8-9-58-34-13-21(3-7-31(34)46(18-37(52)53)19-38(54)55)39-23-4-5-24-27(14-28(42)41(56)40(24)44)26(23)11-22-12-32(47)29(43)15-25(22)39/h2-7,10,12-15,47H,8-9,11,16-19H2,1H3,(H,48,49)(H,50,51)(H,52,53)(H,54,55). The number of fused-ring (bicyclic) bond motifs is 4. The number of carbonyl (C=O) groups is 5. The van der Waals surface area contributed by atoms with Crippen LogP contribution in [-0.4, -0.2) is 94.6 Å². The molecule has 0 fully saturated rings. The number of halogens is 3. The Balaban J connectivity index is 1.46. The van der Waals surface area contributed by atoms with Gasteiger partial charge in [-0.2, -0.15) is 0 Å². The van der Waals surface area contributed by atoms with E-state index in [-0.39, 0.29) is 52.8 Å². The third-order valence-corrected chi connectivity index (χ3v) is 9.59. The molecule has 0 atom stereocenters. The van der Waals surface area contributed by atoms with Crippen LogP contribution in [0.15, 0.2) is 65.7 Å². The summed E-state index contributed by atoms with van der Waals surface area (Å²) in [5.74, 6) is -8.78. The van der Waals surface area contributed by atoms with Crippen LogP contribution in [0.1, 0.15) is 33.4 Å². The van der Waals surface area contributed by atoms with E-state index in [1.54, 1.807) is 25.1 Å². The average molecular weight is 819 g/mol. The molecule has 0 saturated heterocycles. The molecule has 4 aromatic rings. The van der Waals surface area contributed by atoms with Crippen molar-refractivity contribution in [1.29, 1.82) is 0 Å². The Hall–Kier alpha value is -6.94. The van der Waals surface area contributed by atoms with Crippen LogP contribution in [0.4, 0.5) is 20.2 Å². The van der Waals surface area contributed by atoms with E-state index in [9.17, 15) is 49.5 Å². The van der Waals surface area contributed by atoms with Gasteiger partial charge in [-0.15, -0.1) is 0 Å². The van der Waals surface area contributed by atoms with E-state index in [1.807, 2.05) is 0 Å². The minimum atomic E-state index is -1.35. The number of ether oxygens (including phenoxy) is 2. The van der Waals surface area contributed by atoms with Gasteiger partial charge in [0.05, 0.1) is 16.4 Å². The van der Waals surface area contributed by atoms with E-state index in [0.717, 1.165) is 15.9 Å². The topological polar surface area (TPSA) is 211 Å². The monoisotopic (exact) mass is 818 g/mol. The number of carbonyl (C=O) groups excluding carboxylic acids is 1. The van der Waals surface area contributed by atoms with Gasteiger partial charge in [0, 0.05) is 5.22 Å². The number of phenolic OH excluding ortho intramolecular Hbond substituents is 1. The molecule has 14 nitrogen and oxygen atoms in total. The lowest BCUT2D eigenvalue weighted by Crippen LogP contribution is -2.35. The van der Waals surface area contributed by atoms with Crippen molar-refractivity contribution in [3.8, 4) is 17.2 Å². The van der Waals surface area contributed by atoms with E-state index in [4.69, 9.17) is 21.1 Å².